The summed E-state index contributed by atoms with van der Waals surface area (Å²) in [4.78, 5) is 0. The lowest BCUT2D eigenvalue weighted by Gasteiger charge is -2.28. The molecule has 0 aromatic heterocycles. The summed E-state index contributed by atoms with van der Waals surface area (Å²) in [6.07, 6.45) is 14.3. The summed E-state index contributed by atoms with van der Waals surface area (Å²) in [7, 11) is -1.62. The normalized spacial score (nSPS) is 13.5. The van der Waals surface area contributed by atoms with Crippen LogP contribution < -0.4 is 52.7 Å². The molecule has 0 amide bonds. The molecule has 0 saturated heterocycles. The summed E-state index contributed by atoms with van der Waals surface area (Å²) < 4.78 is 0. The van der Waals surface area contributed by atoms with Crippen molar-refractivity contribution in [2.45, 2.75) is 25.7 Å². The third-order valence-corrected chi connectivity index (χ3v) is 14.0. The summed E-state index contributed by atoms with van der Waals surface area (Å²) in [5, 5.41) is 14.0. The Hall–Kier alpha value is -4.34. The number of hydrogen-bond acceptors (Lipinski definition) is 0. The van der Waals surface area contributed by atoms with Crippen molar-refractivity contribution in [3.63, 3.8) is 0 Å². The average molecular weight is 627 g/mol. The summed E-state index contributed by atoms with van der Waals surface area (Å²) >= 11 is 0. The summed E-state index contributed by atoms with van der Waals surface area (Å²) in [6.45, 7) is 0. The fourth-order valence-electron chi connectivity index (χ4n) is 7.04. The van der Waals surface area contributed by atoms with Crippen LogP contribution in [0.1, 0.15) is 25.7 Å². The van der Waals surface area contributed by atoms with Crippen molar-refractivity contribution in [1.29, 1.82) is 0 Å². The van der Waals surface area contributed by atoms with Gasteiger partial charge >= 0.3 is 0 Å². The topological polar surface area (TPSA) is 0 Å². The zero-order chi connectivity index (χ0) is 30.7. The van der Waals surface area contributed by atoms with Crippen LogP contribution in [0.25, 0.3) is 35.4 Å². The third-order valence-electron chi connectivity index (χ3n) is 9.06. The van der Waals surface area contributed by atoms with Crippen LogP contribution in [0.4, 0.5) is 0 Å². The van der Waals surface area contributed by atoms with Crippen LogP contribution in [-0.2, 0) is 0 Å². The minimum Gasteiger partial charge on any atom is -0.0763 e. The molecular weight excluding hydrogens is 590 g/mol. The molecule has 0 spiro atoms. The Morgan fingerprint density at radius 1 is 0.304 bits per heavy atom. The van der Waals surface area contributed by atoms with Gasteiger partial charge in [-0.25, -0.2) is 0 Å². The molecule has 6 aromatic carbocycles. The Bertz CT molecular complexity index is 2000. The molecule has 0 aliphatic heterocycles. The van der Waals surface area contributed by atoms with Crippen LogP contribution in [0.5, 0.6) is 0 Å². The van der Waals surface area contributed by atoms with Gasteiger partial charge in [0.2, 0.25) is 0 Å². The van der Waals surface area contributed by atoms with Crippen LogP contribution >= 0.6 is 15.8 Å². The molecule has 0 radical (unpaired) electrons. The van der Waals surface area contributed by atoms with Crippen molar-refractivity contribution in [3.8, 4) is 11.1 Å². The quantitative estimate of drug-likeness (QED) is 0.203. The molecule has 0 bridgehead atoms. The lowest BCUT2D eigenvalue weighted by Crippen LogP contribution is -2.42. The van der Waals surface area contributed by atoms with E-state index in [1.165, 1.54) is 63.8 Å². The summed E-state index contributed by atoms with van der Waals surface area (Å²) in [5.74, 6) is 0. The van der Waals surface area contributed by atoms with Crippen molar-refractivity contribution >= 4 is 72.0 Å². The van der Waals surface area contributed by atoms with E-state index in [2.05, 4.69) is 170 Å². The lowest BCUT2D eigenvalue weighted by molar-refractivity contribution is 1.11. The van der Waals surface area contributed by atoms with Gasteiger partial charge in [-0.1, -0.05) is 170 Å². The highest BCUT2D eigenvalue weighted by Gasteiger charge is 2.27. The van der Waals surface area contributed by atoms with Gasteiger partial charge in [0.25, 0.3) is 0 Å². The first-order valence-electron chi connectivity index (χ1n) is 16.3. The number of rotatable bonds is 7. The Morgan fingerprint density at radius 2 is 0.609 bits per heavy atom. The van der Waals surface area contributed by atoms with Gasteiger partial charge in [0, 0.05) is 0 Å². The first kappa shape index (κ1) is 29.1. The maximum atomic E-state index is 2.53. The van der Waals surface area contributed by atoms with Gasteiger partial charge < -0.3 is 0 Å². The molecule has 46 heavy (non-hydrogen) atoms. The SMILES string of the molecule is C1=c2ccc(P(c3ccccc3)c3ccccc3)c(-c3c(P(c4ccccc4)c4ccccc4)ccc4c3=CCCC=4)c2=CCC1. The van der Waals surface area contributed by atoms with Crippen molar-refractivity contribution in [2.75, 3.05) is 0 Å². The van der Waals surface area contributed by atoms with E-state index in [9.17, 15) is 0 Å². The standard InChI is InChI=1S/C44H36P2/c1-5-19-35(20-6-1)45(36-21-7-2-8-22-36)41-31-29-33-17-13-15-27-39(33)43(41)44-40-28-16-14-18-34(40)30-32-42(44)46(37-23-9-3-10-24-37)38-25-11-4-12-26-38/h1-12,17-32H,13-16H2. The highest BCUT2D eigenvalue weighted by molar-refractivity contribution is 7.80. The van der Waals surface area contributed by atoms with Crippen molar-refractivity contribution in [3.05, 3.63) is 166 Å². The second-order valence-electron chi connectivity index (χ2n) is 11.9. The summed E-state index contributed by atoms with van der Waals surface area (Å²) in [5.41, 5.74) is 2.87. The predicted molar refractivity (Wildman–Crippen MR) is 204 cm³/mol. The molecule has 0 heterocycles. The van der Waals surface area contributed by atoms with E-state index in [1.54, 1.807) is 0 Å². The number of benzene rings is 6. The zero-order valence-electron chi connectivity index (χ0n) is 25.9. The molecule has 2 aliphatic rings. The molecule has 0 atom stereocenters. The maximum Gasteiger partial charge on any atom is -0.00123 e. The van der Waals surface area contributed by atoms with E-state index in [1.807, 2.05) is 0 Å². The van der Waals surface area contributed by atoms with Gasteiger partial charge in [0.15, 0.2) is 0 Å². The first-order chi connectivity index (χ1) is 22.9. The smallest absolute Gasteiger partial charge is 0.00123 e. The molecular formula is C44H36P2. The Kier molecular flexibility index (Phi) is 8.33. The maximum absolute atomic E-state index is 2.53. The van der Waals surface area contributed by atoms with Crippen molar-refractivity contribution < 1.29 is 0 Å². The lowest BCUT2D eigenvalue weighted by atomic mass is 9.93. The monoisotopic (exact) mass is 626 g/mol. The van der Waals surface area contributed by atoms with Gasteiger partial charge in [-0.2, -0.15) is 0 Å². The largest absolute Gasteiger partial charge is 0.0763 e. The molecule has 0 N–H and O–H groups in total. The van der Waals surface area contributed by atoms with Crippen molar-refractivity contribution in [2.24, 2.45) is 0 Å². The van der Waals surface area contributed by atoms with E-state index in [0.717, 1.165) is 25.7 Å². The second kappa shape index (κ2) is 13.2. The first-order valence-corrected chi connectivity index (χ1v) is 19.0. The van der Waals surface area contributed by atoms with Gasteiger partial charge in [-0.05, 0) is 105 Å². The van der Waals surface area contributed by atoms with Gasteiger partial charge in [0.05, 0.1) is 0 Å². The predicted octanol–water partition coefficient (Wildman–Crippen LogP) is 5.58. The van der Waals surface area contributed by atoms with Gasteiger partial charge in [-0.15, -0.1) is 0 Å². The van der Waals surface area contributed by atoms with E-state index in [-0.39, 0.29) is 0 Å². The highest BCUT2D eigenvalue weighted by atomic mass is 31.1. The Balaban J connectivity index is 1.53. The van der Waals surface area contributed by atoms with Crippen molar-refractivity contribution in [1.82, 2.24) is 0 Å². The van der Waals surface area contributed by atoms with Crippen LogP contribution in [-0.4, -0.2) is 0 Å². The zero-order valence-corrected chi connectivity index (χ0v) is 27.7. The fraction of sp³-hybridized carbons (Fsp3) is 0.0909. The third kappa shape index (κ3) is 5.52. The van der Waals surface area contributed by atoms with Crippen LogP contribution in [0.3, 0.4) is 0 Å². The van der Waals surface area contributed by atoms with Crippen LogP contribution in [0.2, 0.25) is 0 Å². The number of hydrogen-bond donors (Lipinski definition) is 0. The molecule has 6 aromatic rings. The van der Waals surface area contributed by atoms with Crippen LogP contribution in [0.15, 0.2) is 146 Å². The molecule has 0 nitrogen and oxygen atoms in total. The molecule has 0 saturated carbocycles. The van der Waals surface area contributed by atoms with E-state index < -0.39 is 15.8 Å². The minimum absolute atomic E-state index is 0.810. The van der Waals surface area contributed by atoms with Gasteiger partial charge in [0.1, 0.15) is 0 Å². The molecule has 2 aliphatic carbocycles. The van der Waals surface area contributed by atoms with Gasteiger partial charge in [-0.3, -0.25) is 0 Å². The summed E-state index contributed by atoms with van der Waals surface area (Å²) in [6, 6.07) is 54.6. The molecule has 2 heteroatoms. The second-order valence-corrected chi connectivity index (χ2v) is 16.3. The molecule has 8 rings (SSSR count). The van der Waals surface area contributed by atoms with E-state index in [0.29, 0.717) is 0 Å². The fourth-order valence-corrected chi connectivity index (χ4v) is 12.0. The Morgan fingerprint density at radius 3 is 0.935 bits per heavy atom. The number of fused-ring (bicyclic) bond motifs is 2. The molecule has 0 fully saturated rings. The highest BCUT2D eigenvalue weighted by Crippen LogP contribution is 2.39. The molecule has 0 unspecified atom stereocenters. The van der Waals surface area contributed by atoms with E-state index >= 15 is 0 Å². The van der Waals surface area contributed by atoms with Crippen LogP contribution in [0, 0.1) is 0 Å². The Labute approximate surface area is 274 Å². The minimum atomic E-state index is -0.810. The van der Waals surface area contributed by atoms with E-state index in [4.69, 9.17) is 0 Å². The average Bonchev–Trinajstić information content (AvgIpc) is 3.14. The molecule has 222 valence electrons.